The second-order valence-corrected chi connectivity index (χ2v) is 18.3. The summed E-state index contributed by atoms with van der Waals surface area (Å²) in [6.45, 7) is 4.59. The number of carbonyl (C=O) groups excluding carboxylic acids is 1. The molecule has 0 saturated carbocycles. The van der Waals surface area contributed by atoms with E-state index in [0.29, 0.717) is 13.0 Å². The van der Waals surface area contributed by atoms with Crippen LogP contribution in [0.1, 0.15) is 245 Å². The molecule has 6 unspecified atom stereocenters. The Kier molecular flexibility index (Phi) is 42.5. The first-order chi connectivity index (χ1) is 30.4. The van der Waals surface area contributed by atoms with Gasteiger partial charge >= 0.3 is 5.97 Å². The average Bonchev–Trinajstić information content (AvgIpc) is 3.27. The summed E-state index contributed by atoms with van der Waals surface area (Å²) in [5.41, 5.74) is 0. The Morgan fingerprint density at radius 1 is 0.516 bits per heavy atom. The smallest absolute Gasteiger partial charge is 0.306 e. The van der Waals surface area contributed by atoms with Crippen molar-refractivity contribution in [2.75, 3.05) is 26.4 Å². The number of hydrogen-bond donors (Lipinski definition) is 4. The Hall–Kier alpha value is -1.33. The maximum atomic E-state index is 12.8. The van der Waals surface area contributed by atoms with Gasteiger partial charge in [-0.2, -0.15) is 0 Å². The van der Waals surface area contributed by atoms with Crippen molar-refractivity contribution in [3.05, 3.63) is 24.3 Å². The number of rotatable bonds is 46. The highest BCUT2D eigenvalue weighted by atomic mass is 16.7. The van der Waals surface area contributed by atoms with Crippen LogP contribution in [0.3, 0.4) is 0 Å². The van der Waals surface area contributed by atoms with Crippen molar-refractivity contribution in [2.45, 2.75) is 282 Å². The minimum Gasteiger partial charge on any atom is -0.457 e. The lowest BCUT2D eigenvalue weighted by molar-refractivity contribution is -0.305. The SMILES string of the molecule is CCCCCCC/C=C\C/C=C\CCCCCCCCCCCC(=O)OC(COCCCCCCCCCCCCCCCCCCCC)COC1OC(CO)C(O)C(O)C1O. The molecular weight excluding hydrogens is 781 g/mol. The standard InChI is InChI=1S/C53H100O9/c1-3-5-7-9-11-13-15-17-19-21-23-24-25-26-28-30-32-34-36-38-40-42-49(55)61-47(46-60-53-52(58)51(57)50(56)48(44-54)62-53)45-59-43-41-39-37-35-33-31-29-27-22-20-18-16-14-12-10-8-6-4-2/h15,17,21,23,47-48,50-54,56-58H,3-14,16,18-20,22,24-46H2,1-2H3/b17-15-,23-21-. The fourth-order valence-electron chi connectivity index (χ4n) is 8.23. The molecule has 0 aromatic heterocycles. The number of hydrogen-bond acceptors (Lipinski definition) is 9. The fraction of sp³-hybridized carbons (Fsp3) is 0.906. The Labute approximate surface area is 381 Å². The van der Waals surface area contributed by atoms with Gasteiger partial charge in [0.25, 0.3) is 0 Å². The van der Waals surface area contributed by atoms with Crippen molar-refractivity contribution in [1.82, 2.24) is 0 Å². The lowest BCUT2D eigenvalue weighted by Gasteiger charge is -2.39. The Morgan fingerprint density at radius 3 is 1.39 bits per heavy atom. The van der Waals surface area contributed by atoms with E-state index in [9.17, 15) is 25.2 Å². The third-order valence-electron chi connectivity index (χ3n) is 12.4. The molecule has 0 amide bonds. The molecule has 9 nitrogen and oxygen atoms in total. The zero-order chi connectivity index (χ0) is 45.0. The van der Waals surface area contributed by atoms with Gasteiger partial charge in [-0.25, -0.2) is 0 Å². The highest BCUT2D eigenvalue weighted by Crippen LogP contribution is 2.23. The predicted molar refractivity (Wildman–Crippen MR) is 256 cm³/mol. The Morgan fingerprint density at radius 2 is 0.935 bits per heavy atom. The molecule has 1 aliphatic rings. The van der Waals surface area contributed by atoms with Crippen molar-refractivity contribution >= 4 is 5.97 Å². The fourth-order valence-corrected chi connectivity index (χ4v) is 8.23. The molecular formula is C53H100O9. The summed E-state index contributed by atoms with van der Waals surface area (Å²) < 4.78 is 22.9. The molecule has 4 N–H and O–H groups in total. The van der Waals surface area contributed by atoms with E-state index < -0.39 is 43.4 Å². The zero-order valence-corrected chi connectivity index (χ0v) is 40.4. The van der Waals surface area contributed by atoms with Gasteiger partial charge in [0, 0.05) is 13.0 Å². The Bertz CT molecular complexity index is 1000. The second-order valence-electron chi connectivity index (χ2n) is 18.3. The van der Waals surface area contributed by atoms with Gasteiger partial charge in [-0.3, -0.25) is 4.79 Å². The summed E-state index contributed by atoms with van der Waals surface area (Å²) >= 11 is 0. The summed E-state index contributed by atoms with van der Waals surface area (Å²) in [6, 6.07) is 0. The summed E-state index contributed by atoms with van der Waals surface area (Å²) in [5.74, 6) is -0.313. The first kappa shape index (κ1) is 58.7. The topological polar surface area (TPSA) is 135 Å². The number of carbonyl (C=O) groups is 1. The van der Waals surface area contributed by atoms with E-state index >= 15 is 0 Å². The van der Waals surface area contributed by atoms with Crippen LogP contribution in [0.15, 0.2) is 24.3 Å². The lowest BCUT2D eigenvalue weighted by Crippen LogP contribution is -2.59. The van der Waals surface area contributed by atoms with E-state index in [0.717, 1.165) is 38.5 Å². The monoisotopic (exact) mass is 881 g/mol. The van der Waals surface area contributed by atoms with Crippen LogP contribution in [0.2, 0.25) is 0 Å². The van der Waals surface area contributed by atoms with Crippen molar-refractivity contribution in [2.24, 2.45) is 0 Å². The molecule has 6 atom stereocenters. The molecule has 1 rings (SSSR count). The van der Waals surface area contributed by atoms with E-state index in [1.165, 1.54) is 186 Å². The van der Waals surface area contributed by atoms with Crippen molar-refractivity contribution in [1.29, 1.82) is 0 Å². The normalized spacial score (nSPS) is 19.9. The molecule has 366 valence electrons. The van der Waals surface area contributed by atoms with Crippen LogP contribution in [0.4, 0.5) is 0 Å². The quantitative estimate of drug-likeness (QED) is 0.0268. The average molecular weight is 881 g/mol. The van der Waals surface area contributed by atoms with E-state index in [-0.39, 0.29) is 19.2 Å². The molecule has 0 bridgehead atoms. The van der Waals surface area contributed by atoms with Gasteiger partial charge in [0.15, 0.2) is 6.29 Å². The predicted octanol–water partition coefficient (Wildman–Crippen LogP) is 12.9. The van der Waals surface area contributed by atoms with Crippen molar-refractivity contribution in [3.63, 3.8) is 0 Å². The maximum Gasteiger partial charge on any atom is 0.306 e. The first-order valence-electron chi connectivity index (χ1n) is 26.4. The largest absolute Gasteiger partial charge is 0.457 e. The lowest BCUT2D eigenvalue weighted by atomic mass is 9.99. The highest BCUT2D eigenvalue weighted by Gasteiger charge is 2.44. The summed E-state index contributed by atoms with van der Waals surface area (Å²) in [5, 5.41) is 40.3. The Balaban J connectivity index is 2.19. The molecule has 62 heavy (non-hydrogen) atoms. The molecule has 0 aromatic carbocycles. The second kappa shape index (κ2) is 44.9. The molecule has 1 saturated heterocycles. The number of ether oxygens (including phenoxy) is 4. The van der Waals surface area contributed by atoms with E-state index in [4.69, 9.17) is 18.9 Å². The van der Waals surface area contributed by atoms with E-state index in [2.05, 4.69) is 38.2 Å². The van der Waals surface area contributed by atoms with E-state index in [1.54, 1.807) is 0 Å². The van der Waals surface area contributed by atoms with Gasteiger partial charge in [0.05, 0.1) is 19.8 Å². The number of allylic oxidation sites excluding steroid dienone is 4. The minimum absolute atomic E-state index is 0.111. The molecule has 1 fully saturated rings. The number of aliphatic hydroxyl groups excluding tert-OH is 4. The van der Waals surface area contributed by atoms with Gasteiger partial charge < -0.3 is 39.4 Å². The summed E-state index contributed by atoms with van der Waals surface area (Å²) in [7, 11) is 0. The van der Waals surface area contributed by atoms with Gasteiger partial charge in [-0.05, 0) is 44.9 Å². The van der Waals surface area contributed by atoms with E-state index in [1.807, 2.05) is 0 Å². The zero-order valence-electron chi connectivity index (χ0n) is 40.4. The van der Waals surface area contributed by atoms with Crippen LogP contribution in [0, 0.1) is 0 Å². The minimum atomic E-state index is -1.53. The summed E-state index contributed by atoms with van der Waals surface area (Å²) in [6.07, 6.45) is 46.4. The van der Waals surface area contributed by atoms with Gasteiger partial charge in [0.2, 0.25) is 0 Å². The highest BCUT2D eigenvalue weighted by molar-refractivity contribution is 5.69. The van der Waals surface area contributed by atoms with Gasteiger partial charge in [-0.1, -0.05) is 218 Å². The third kappa shape index (κ3) is 35.0. The maximum absolute atomic E-state index is 12.8. The molecule has 9 heteroatoms. The van der Waals surface area contributed by atoms with Gasteiger partial charge in [-0.15, -0.1) is 0 Å². The molecule has 0 radical (unpaired) electrons. The summed E-state index contributed by atoms with van der Waals surface area (Å²) in [4.78, 5) is 12.8. The first-order valence-corrected chi connectivity index (χ1v) is 26.4. The number of esters is 1. The van der Waals surface area contributed by atoms with Crippen molar-refractivity contribution < 1.29 is 44.2 Å². The molecule has 1 aliphatic heterocycles. The van der Waals surface area contributed by atoms with Crippen LogP contribution in [-0.2, 0) is 23.7 Å². The van der Waals surface area contributed by atoms with Crippen LogP contribution >= 0.6 is 0 Å². The molecule has 0 aliphatic carbocycles. The molecule has 0 spiro atoms. The number of aliphatic hydroxyl groups is 4. The van der Waals surface area contributed by atoms with Crippen molar-refractivity contribution in [3.8, 4) is 0 Å². The van der Waals surface area contributed by atoms with Crippen LogP contribution in [-0.4, -0.2) is 89.6 Å². The van der Waals surface area contributed by atoms with Crippen LogP contribution in [0.25, 0.3) is 0 Å². The molecule has 0 aromatic rings. The van der Waals surface area contributed by atoms with Gasteiger partial charge in [0.1, 0.15) is 30.5 Å². The number of unbranched alkanes of at least 4 members (excludes halogenated alkanes) is 31. The van der Waals surface area contributed by atoms with Crippen LogP contribution in [0.5, 0.6) is 0 Å². The molecule has 1 heterocycles. The van der Waals surface area contributed by atoms with Crippen LogP contribution < -0.4 is 0 Å². The third-order valence-corrected chi connectivity index (χ3v) is 12.4.